The summed E-state index contributed by atoms with van der Waals surface area (Å²) < 4.78 is 0. The molecule has 0 unspecified atom stereocenters. The van der Waals surface area contributed by atoms with Gasteiger partial charge in [0.05, 0.1) is 16.6 Å². The van der Waals surface area contributed by atoms with Crippen LogP contribution >= 0.6 is 0 Å². The van der Waals surface area contributed by atoms with Crippen molar-refractivity contribution >= 4 is 33.6 Å². The molecule has 1 aliphatic rings. The maximum Gasteiger partial charge on any atom is 0.259 e. The summed E-state index contributed by atoms with van der Waals surface area (Å²) in [5.41, 5.74) is 4.60. The summed E-state index contributed by atoms with van der Waals surface area (Å²) >= 11 is 0. The summed E-state index contributed by atoms with van der Waals surface area (Å²) in [4.78, 5) is 27.6. The van der Waals surface area contributed by atoms with E-state index in [4.69, 9.17) is 0 Å². The van der Waals surface area contributed by atoms with Crippen LogP contribution in [0.5, 0.6) is 0 Å². The van der Waals surface area contributed by atoms with E-state index in [0.717, 1.165) is 32.9 Å². The zero-order chi connectivity index (χ0) is 16.3. The molecule has 5 rings (SSSR count). The second-order valence-corrected chi connectivity index (χ2v) is 5.91. The van der Waals surface area contributed by atoms with Crippen LogP contribution in [0.25, 0.3) is 32.9 Å². The summed E-state index contributed by atoms with van der Waals surface area (Å²) in [6.45, 7) is 0. The van der Waals surface area contributed by atoms with Gasteiger partial charge in [-0.05, 0) is 17.7 Å². The Morgan fingerprint density at radius 1 is 0.625 bits per heavy atom. The molecular formula is C20H12N2O2. The van der Waals surface area contributed by atoms with Crippen LogP contribution in [0.2, 0.25) is 0 Å². The normalized spacial score (nSPS) is 13.5. The van der Waals surface area contributed by atoms with Crippen molar-refractivity contribution in [3.05, 3.63) is 71.8 Å². The molecule has 2 heterocycles. The Labute approximate surface area is 137 Å². The summed E-state index contributed by atoms with van der Waals surface area (Å²) in [6.07, 6.45) is 0. The lowest BCUT2D eigenvalue weighted by Gasteiger charge is -2.07. The Morgan fingerprint density at radius 2 is 1.33 bits per heavy atom. The molecule has 0 bridgehead atoms. The van der Waals surface area contributed by atoms with Gasteiger partial charge in [0, 0.05) is 21.9 Å². The van der Waals surface area contributed by atoms with Crippen molar-refractivity contribution in [1.82, 2.24) is 10.3 Å². The Kier molecular flexibility index (Phi) is 2.48. The quantitative estimate of drug-likeness (QED) is 0.524. The minimum atomic E-state index is -0.335. The number of rotatable bonds is 1. The molecule has 0 spiro atoms. The van der Waals surface area contributed by atoms with Crippen LogP contribution in [0.4, 0.5) is 0 Å². The van der Waals surface area contributed by atoms with Gasteiger partial charge in [-0.15, -0.1) is 0 Å². The van der Waals surface area contributed by atoms with E-state index >= 15 is 0 Å². The van der Waals surface area contributed by atoms with E-state index in [1.807, 2.05) is 42.5 Å². The fourth-order valence-electron chi connectivity index (χ4n) is 3.54. The number of hydrogen-bond acceptors (Lipinski definition) is 2. The Bertz CT molecular complexity index is 1170. The lowest BCUT2D eigenvalue weighted by atomic mass is 9.95. The summed E-state index contributed by atoms with van der Waals surface area (Å²) in [5, 5.41) is 4.62. The number of nitrogens with one attached hydrogen (secondary N) is 2. The Hall–Kier alpha value is -3.40. The molecule has 0 fully saturated rings. The Balaban J connectivity index is 1.89. The predicted octanol–water partition coefficient (Wildman–Crippen LogP) is 3.87. The van der Waals surface area contributed by atoms with Crippen LogP contribution in [0, 0.1) is 0 Å². The minimum absolute atomic E-state index is 0.333. The standard InChI is InChI=1S/C20H12N2O2/c23-19-15-9-3-6-12(17(15)20(24)22-19)14-8-4-7-13-11-5-1-2-10-16(11)21-18(13)14/h1-10,21H,(H,22,23,24). The van der Waals surface area contributed by atoms with Crippen LogP contribution in [0.1, 0.15) is 20.7 Å². The number of aromatic nitrogens is 1. The van der Waals surface area contributed by atoms with Gasteiger partial charge >= 0.3 is 0 Å². The highest BCUT2D eigenvalue weighted by atomic mass is 16.2. The molecule has 4 heteroatoms. The topological polar surface area (TPSA) is 62.0 Å². The van der Waals surface area contributed by atoms with E-state index < -0.39 is 0 Å². The number of aromatic amines is 1. The third kappa shape index (κ3) is 1.62. The van der Waals surface area contributed by atoms with Crippen molar-refractivity contribution in [3.8, 4) is 11.1 Å². The van der Waals surface area contributed by atoms with Crippen molar-refractivity contribution in [3.63, 3.8) is 0 Å². The number of para-hydroxylation sites is 2. The first-order chi connectivity index (χ1) is 11.7. The zero-order valence-electron chi connectivity index (χ0n) is 12.6. The highest BCUT2D eigenvalue weighted by molar-refractivity contribution is 6.25. The third-order valence-corrected chi connectivity index (χ3v) is 4.59. The van der Waals surface area contributed by atoms with Gasteiger partial charge in [-0.3, -0.25) is 14.9 Å². The lowest BCUT2D eigenvalue weighted by molar-refractivity contribution is 0.0880. The smallest absolute Gasteiger partial charge is 0.259 e. The first kappa shape index (κ1) is 13.1. The second kappa shape index (κ2) is 4.55. The van der Waals surface area contributed by atoms with Crippen molar-refractivity contribution in [2.24, 2.45) is 0 Å². The molecule has 1 aliphatic heterocycles. The van der Waals surface area contributed by atoms with E-state index in [1.165, 1.54) is 0 Å². The molecule has 4 aromatic rings. The van der Waals surface area contributed by atoms with Gasteiger partial charge in [0.25, 0.3) is 11.8 Å². The highest BCUT2D eigenvalue weighted by Gasteiger charge is 2.30. The monoisotopic (exact) mass is 312 g/mol. The van der Waals surface area contributed by atoms with Crippen LogP contribution in [-0.2, 0) is 0 Å². The molecule has 3 aromatic carbocycles. The van der Waals surface area contributed by atoms with Crippen LogP contribution in [-0.4, -0.2) is 16.8 Å². The number of carbonyl (C=O) groups is 2. The number of carbonyl (C=O) groups excluding carboxylic acids is 2. The highest BCUT2D eigenvalue weighted by Crippen LogP contribution is 2.36. The fraction of sp³-hybridized carbons (Fsp3) is 0. The molecular weight excluding hydrogens is 300 g/mol. The van der Waals surface area contributed by atoms with Crippen molar-refractivity contribution in [1.29, 1.82) is 0 Å². The summed E-state index contributed by atoms with van der Waals surface area (Å²) in [5.74, 6) is -0.667. The van der Waals surface area contributed by atoms with E-state index in [2.05, 4.69) is 22.4 Å². The summed E-state index contributed by atoms with van der Waals surface area (Å²) in [6, 6.07) is 19.5. The number of amides is 2. The zero-order valence-corrected chi connectivity index (χ0v) is 12.6. The van der Waals surface area contributed by atoms with E-state index in [1.54, 1.807) is 6.07 Å². The molecule has 1 aromatic heterocycles. The summed E-state index contributed by atoms with van der Waals surface area (Å²) in [7, 11) is 0. The second-order valence-electron chi connectivity index (χ2n) is 5.91. The molecule has 0 atom stereocenters. The molecule has 0 saturated carbocycles. The number of benzene rings is 3. The predicted molar refractivity (Wildman–Crippen MR) is 93.0 cm³/mol. The maximum atomic E-state index is 12.2. The molecule has 2 N–H and O–H groups in total. The molecule has 0 saturated heterocycles. The Morgan fingerprint density at radius 3 is 2.25 bits per heavy atom. The largest absolute Gasteiger partial charge is 0.354 e. The number of imide groups is 1. The molecule has 24 heavy (non-hydrogen) atoms. The SMILES string of the molecule is O=C1NC(=O)c2c1cccc2-c1cccc2c1[nH]c1ccccc12. The van der Waals surface area contributed by atoms with E-state index in [-0.39, 0.29) is 11.8 Å². The minimum Gasteiger partial charge on any atom is -0.354 e. The van der Waals surface area contributed by atoms with Crippen molar-refractivity contribution in [2.75, 3.05) is 0 Å². The number of hydrogen-bond donors (Lipinski definition) is 2. The van der Waals surface area contributed by atoms with Gasteiger partial charge in [0.15, 0.2) is 0 Å². The molecule has 2 amide bonds. The molecule has 4 nitrogen and oxygen atoms in total. The first-order valence-electron chi connectivity index (χ1n) is 7.72. The average Bonchev–Trinajstić information content (AvgIpc) is 3.12. The third-order valence-electron chi connectivity index (χ3n) is 4.59. The van der Waals surface area contributed by atoms with Gasteiger partial charge in [-0.2, -0.15) is 0 Å². The van der Waals surface area contributed by atoms with Crippen LogP contribution in [0.15, 0.2) is 60.7 Å². The van der Waals surface area contributed by atoms with Gasteiger partial charge in [0.1, 0.15) is 0 Å². The van der Waals surface area contributed by atoms with Crippen molar-refractivity contribution < 1.29 is 9.59 Å². The lowest BCUT2D eigenvalue weighted by Crippen LogP contribution is -2.20. The fourth-order valence-corrected chi connectivity index (χ4v) is 3.54. The van der Waals surface area contributed by atoms with Gasteiger partial charge in [-0.25, -0.2) is 0 Å². The van der Waals surface area contributed by atoms with Gasteiger partial charge < -0.3 is 4.98 Å². The van der Waals surface area contributed by atoms with Crippen LogP contribution < -0.4 is 5.32 Å². The van der Waals surface area contributed by atoms with E-state index in [9.17, 15) is 9.59 Å². The van der Waals surface area contributed by atoms with Crippen molar-refractivity contribution in [2.45, 2.75) is 0 Å². The average molecular weight is 312 g/mol. The first-order valence-corrected chi connectivity index (χ1v) is 7.72. The van der Waals surface area contributed by atoms with Crippen LogP contribution in [0.3, 0.4) is 0 Å². The van der Waals surface area contributed by atoms with Gasteiger partial charge in [0.2, 0.25) is 0 Å². The molecule has 114 valence electrons. The molecule has 0 aliphatic carbocycles. The van der Waals surface area contributed by atoms with Gasteiger partial charge in [-0.1, -0.05) is 48.5 Å². The number of H-pyrrole nitrogens is 1. The maximum absolute atomic E-state index is 12.2. The molecule has 0 radical (unpaired) electrons. The van der Waals surface area contributed by atoms with E-state index in [0.29, 0.717) is 11.1 Å². The number of fused-ring (bicyclic) bond motifs is 4.